The Kier molecular flexibility index (Phi) is 4.71. The standard InChI is InChI=1S/C16H32N2/c1-5-16(4,11-17-15-8-9-15)12-18(13(2)3)10-14-6-7-14/h13-15,17H,5-12H2,1-4H3. The molecule has 2 aliphatic carbocycles. The van der Waals surface area contributed by atoms with Crippen molar-refractivity contribution in [2.45, 2.75) is 71.9 Å². The molecule has 0 aliphatic heterocycles. The van der Waals surface area contributed by atoms with E-state index in [0.29, 0.717) is 11.5 Å². The van der Waals surface area contributed by atoms with Crippen molar-refractivity contribution in [1.82, 2.24) is 10.2 Å². The van der Waals surface area contributed by atoms with Gasteiger partial charge in [-0.2, -0.15) is 0 Å². The predicted molar refractivity (Wildman–Crippen MR) is 78.9 cm³/mol. The van der Waals surface area contributed by atoms with Gasteiger partial charge in [-0.3, -0.25) is 0 Å². The first kappa shape index (κ1) is 14.3. The first-order valence-electron chi connectivity index (χ1n) is 8.00. The highest BCUT2D eigenvalue weighted by Crippen LogP contribution is 2.32. The van der Waals surface area contributed by atoms with Crippen molar-refractivity contribution in [3.63, 3.8) is 0 Å². The lowest BCUT2D eigenvalue weighted by Gasteiger charge is -2.37. The average Bonchev–Trinajstić information content (AvgIpc) is 3.19. The Hall–Kier alpha value is -0.0800. The Morgan fingerprint density at radius 2 is 1.89 bits per heavy atom. The van der Waals surface area contributed by atoms with E-state index >= 15 is 0 Å². The summed E-state index contributed by atoms with van der Waals surface area (Å²) in [5, 5.41) is 3.73. The van der Waals surface area contributed by atoms with E-state index in [1.54, 1.807) is 0 Å². The van der Waals surface area contributed by atoms with Crippen LogP contribution in [0, 0.1) is 11.3 Å². The van der Waals surface area contributed by atoms with Crippen LogP contribution in [0.4, 0.5) is 0 Å². The molecule has 0 saturated heterocycles. The summed E-state index contributed by atoms with van der Waals surface area (Å²) >= 11 is 0. The Bertz CT molecular complexity index is 256. The van der Waals surface area contributed by atoms with Gasteiger partial charge in [-0.1, -0.05) is 13.8 Å². The van der Waals surface area contributed by atoms with Crippen LogP contribution in [0.15, 0.2) is 0 Å². The molecule has 0 aromatic rings. The highest BCUT2D eigenvalue weighted by molar-refractivity contribution is 4.88. The third-order valence-corrected chi connectivity index (χ3v) is 4.75. The number of rotatable bonds is 9. The second-order valence-corrected chi connectivity index (χ2v) is 7.29. The summed E-state index contributed by atoms with van der Waals surface area (Å²) in [6, 6.07) is 1.53. The SMILES string of the molecule is CCC(C)(CNC1CC1)CN(CC1CC1)C(C)C. The van der Waals surface area contributed by atoms with E-state index in [2.05, 4.69) is 37.9 Å². The minimum atomic E-state index is 0.446. The molecule has 0 spiro atoms. The number of nitrogens with one attached hydrogen (secondary N) is 1. The molecule has 2 nitrogen and oxygen atoms in total. The lowest BCUT2D eigenvalue weighted by atomic mass is 9.86. The van der Waals surface area contributed by atoms with Gasteiger partial charge in [0.1, 0.15) is 0 Å². The second kappa shape index (κ2) is 5.92. The molecule has 1 atom stereocenters. The molecule has 18 heavy (non-hydrogen) atoms. The van der Waals surface area contributed by atoms with Gasteiger partial charge in [-0.25, -0.2) is 0 Å². The Morgan fingerprint density at radius 3 is 2.33 bits per heavy atom. The predicted octanol–water partition coefficient (Wildman–Crippen LogP) is 3.28. The van der Waals surface area contributed by atoms with Gasteiger partial charge in [0.15, 0.2) is 0 Å². The van der Waals surface area contributed by atoms with Crippen molar-refractivity contribution >= 4 is 0 Å². The second-order valence-electron chi connectivity index (χ2n) is 7.29. The number of hydrogen-bond acceptors (Lipinski definition) is 2. The lowest BCUT2D eigenvalue weighted by Crippen LogP contribution is -2.45. The molecule has 0 heterocycles. The van der Waals surface area contributed by atoms with Gasteiger partial charge >= 0.3 is 0 Å². The Balaban J connectivity index is 1.83. The highest BCUT2D eigenvalue weighted by Gasteiger charge is 2.32. The Labute approximate surface area is 114 Å². The van der Waals surface area contributed by atoms with Gasteiger partial charge in [0.25, 0.3) is 0 Å². The van der Waals surface area contributed by atoms with Crippen LogP contribution >= 0.6 is 0 Å². The van der Waals surface area contributed by atoms with E-state index in [0.717, 1.165) is 12.0 Å². The van der Waals surface area contributed by atoms with Gasteiger partial charge in [0.2, 0.25) is 0 Å². The molecule has 0 aromatic heterocycles. The third kappa shape index (κ3) is 4.55. The molecule has 0 bridgehead atoms. The number of nitrogens with zero attached hydrogens (tertiary/aromatic N) is 1. The van der Waals surface area contributed by atoms with Crippen molar-refractivity contribution in [1.29, 1.82) is 0 Å². The Morgan fingerprint density at radius 1 is 1.22 bits per heavy atom. The zero-order valence-electron chi connectivity index (χ0n) is 12.8. The fourth-order valence-corrected chi connectivity index (χ4v) is 2.55. The topological polar surface area (TPSA) is 15.3 Å². The minimum absolute atomic E-state index is 0.446. The average molecular weight is 252 g/mol. The van der Waals surface area contributed by atoms with E-state index in [1.807, 2.05) is 0 Å². The molecule has 2 rings (SSSR count). The molecule has 0 radical (unpaired) electrons. The van der Waals surface area contributed by atoms with Crippen molar-refractivity contribution in [2.75, 3.05) is 19.6 Å². The first-order valence-corrected chi connectivity index (χ1v) is 8.00. The van der Waals surface area contributed by atoms with Crippen LogP contribution in [0.25, 0.3) is 0 Å². The van der Waals surface area contributed by atoms with E-state index in [9.17, 15) is 0 Å². The molecule has 0 amide bonds. The van der Waals surface area contributed by atoms with Gasteiger partial charge in [-0.15, -0.1) is 0 Å². The highest BCUT2D eigenvalue weighted by atomic mass is 15.2. The van der Waals surface area contributed by atoms with Crippen LogP contribution in [0.2, 0.25) is 0 Å². The minimum Gasteiger partial charge on any atom is -0.313 e. The molecule has 2 fully saturated rings. The summed E-state index contributed by atoms with van der Waals surface area (Å²) in [6.45, 7) is 13.3. The molecule has 1 N–H and O–H groups in total. The summed E-state index contributed by atoms with van der Waals surface area (Å²) in [7, 11) is 0. The quantitative estimate of drug-likeness (QED) is 0.677. The van der Waals surface area contributed by atoms with Gasteiger partial charge in [-0.05, 0) is 57.3 Å². The maximum absolute atomic E-state index is 3.73. The molecule has 2 saturated carbocycles. The fourth-order valence-electron chi connectivity index (χ4n) is 2.55. The molecular formula is C16H32N2. The summed E-state index contributed by atoms with van der Waals surface area (Å²) < 4.78 is 0. The molecule has 1 unspecified atom stereocenters. The number of hydrogen-bond donors (Lipinski definition) is 1. The normalized spacial score (nSPS) is 23.7. The van der Waals surface area contributed by atoms with Crippen LogP contribution in [0.3, 0.4) is 0 Å². The van der Waals surface area contributed by atoms with E-state index in [-0.39, 0.29) is 0 Å². The van der Waals surface area contributed by atoms with Crippen LogP contribution in [0.1, 0.15) is 59.8 Å². The first-order chi connectivity index (χ1) is 8.52. The maximum Gasteiger partial charge on any atom is 0.00684 e. The third-order valence-electron chi connectivity index (χ3n) is 4.75. The van der Waals surface area contributed by atoms with Crippen LogP contribution in [0.5, 0.6) is 0 Å². The van der Waals surface area contributed by atoms with E-state index in [1.165, 1.54) is 51.7 Å². The van der Waals surface area contributed by atoms with E-state index in [4.69, 9.17) is 0 Å². The van der Waals surface area contributed by atoms with Crippen molar-refractivity contribution in [3.05, 3.63) is 0 Å². The summed E-state index contributed by atoms with van der Waals surface area (Å²) in [5.74, 6) is 1.00. The zero-order valence-corrected chi connectivity index (χ0v) is 12.8. The van der Waals surface area contributed by atoms with Gasteiger partial charge in [0, 0.05) is 31.7 Å². The molecule has 2 heteroatoms. The van der Waals surface area contributed by atoms with Crippen molar-refractivity contribution in [2.24, 2.45) is 11.3 Å². The van der Waals surface area contributed by atoms with Crippen LogP contribution in [-0.2, 0) is 0 Å². The zero-order chi connectivity index (χ0) is 13.2. The fraction of sp³-hybridized carbons (Fsp3) is 1.00. The lowest BCUT2D eigenvalue weighted by molar-refractivity contribution is 0.121. The summed E-state index contributed by atoms with van der Waals surface area (Å²) in [6.07, 6.45) is 7.00. The smallest absolute Gasteiger partial charge is 0.00684 e. The van der Waals surface area contributed by atoms with Crippen LogP contribution < -0.4 is 5.32 Å². The van der Waals surface area contributed by atoms with Gasteiger partial charge in [0.05, 0.1) is 0 Å². The maximum atomic E-state index is 3.73. The molecule has 106 valence electrons. The molecular weight excluding hydrogens is 220 g/mol. The summed E-state index contributed by atoms with van der Waals surface area (Å²) in [5.41, 5.74) is 0.446. The van der Waals surface area contributed by atoms with Crippen molar-refractivity contribution < 1.29 is 0 Å². The van der Waals surface area contributed by atoms with E-state index < -0.39 is 0 Å². The van der Waals surface area contributed by atoms with Crippen molar-refractivity contribution in [3.8, 4) is 0 Å². The summed E-state index contributed by atoms with van der Waals surface area (Å²) in [4.78, 5) is 2.72. The van der Waals surface area contributed by atoms with Crippen LogP contribution in [-0.4, -0.2) is 36.6 Å². The largest absolute Gasteiger partial charge is 0.313 e. The van der Waals surface area contributed by atoms with Gasteiger partial charge < -0.3 is 10.2 Å². The monoisotopic (exact) mass is 252 g/mol. The molecule has 2 aliphatic rings. The molecule has 0 aromatic carbocycles.